The second kappa shape index (κ2) is 6.66. The highest BCUT2D eigenvalue weighted by Crippen LogP contribution is 2.32. The fraction of sp³-hybridized carbons (Fsp3) is 0.941. The first-order valence-corrected chi connectivity index (χ1v) is 8.94. The van der Waals surface area contributed by atoms with Gasteiger partial charge in [0, 0.05) is 32.4 Å². The molecular weight excluding hydrogens is 260 g/mol. The van der Waals surface area contributed by atoms with Gasteiger partial charge in [-0.2, -0.15) is 0 Å². The van der Waals surface area contributed by atoms with Crippen LogP contribution in [0.25, 0.3) is 0 Å². The van der Waals surface area contributed by atoms with Crippen molar-refractivity contribution in [2.75, 3.05) is 27.7 Å². The van der Waals surface area contributed by atoms with Crippen LogP contribution in [0.1, 0.15) is 51.4 Å². The van der Waals surface area contributed by atoms with Crippen molar-refractivity contribution in [1.29, 1.82) is 0 Å². The van der Waals surface area contributed by atoms with Crippen LogP contribution in [0, 0.1) is 5.92 Å². The summed E-state index contributed by atoms with van der Waals surface area (Å²) < 4.78 is 0. The lowest BCUT2D eigenvalue weighted by molar-refractivity contribution is -0.755. The molecule has 0 amide bonds. The second-order valence-electron chi connectivity index (χ2n) is 7.56. The quantitative estimate of drug-likeness (QED) is 0.832. The largest absolute Gasteiger partial charge is 0.363 e. The van der Waals surface area contributed by atoms with Gasteiger partial charge in [0.05, 0.1) is 17.9 Å². The predicted octanol–water partition coefficient (Wildman–Crippen LogP) is 1.28. The molecule has 2 saturated heterocycles. The Kier molecular flexibility index (Phi) is 4.85. The van der Waals surface area contributed by atoms with Gasteiger partial charge >= 0.3 is 0 Å². The summed E-state index contributed by atoms with van der Waals surface area (Å²) in [6, 6.07) is 1.37. The van der Waals surface area contributed by atoms with Crippen LogP contribution < -0.4 is 5.32 Å². The molecule has 4 atom stereocenters. The van der Waals surface area contributed by atoms with Crippen molar-refractivity contribution in [1.82, 2.24) is 9.80 Å². The molecule has 2 aliphatic heterocycles. The minimum Gasteiger partial charge on any atom is -0.363 e. The van der Waals surface area contributed by atoms with Gasteiger partial charge < -0.3 is 10.2 Å². The van der Waals surface area contributed by atoms with Crippen molar-refractivity contribution in [2.45, 2.75) is 69.6 Å². The van der Waals surface area contributed by atoms with E-state index < -0.39 is 0 Å². The van der Waals surface area contributed by atoms with E-state index >= 15 is 0 Å². The number of hydrogen-bond acceptors (Lipinski definition) is 2. The normalized spacial score (nSPS) is 39.6. The molecule has 0 aromatic rings. The van der Waals surface area contributed by atoms with E-state index in [1.54, 1.807) is 0 Å². The average molecular weight is 293 g/mol. The summed E-state index contributed by atoms with van der Waals surface area (Å²) in [5, 5.41) is 2.64. The number of aliphatic imine (C=N–C) groups is 1. The van der Waals surface area contributed by atoms with Crippen molar-refractivity contribution < 1.29 is 5.32 Å². The molecule has 0 radical (unpaired) electrons. The molecule has 2 heterocycles. The Morgan fingerprint density at radius 1 is 1.14 bits per heavy atom. The lowest BCUT2D eigenvalue weighted by atomic mass is 9.75. The molecule has 0 spiro atoms. The molecule has 3 aliphatic rings. The molecule has 120 valence electrons. The van der Waals surface area contributed by atoms with E-state index in [0.717, 1.165) is 12.0 Å². The van der Waals surface area contributed by atoms with Crippen molar-refractivity contribution in [3.05, 3.63) is 0 Å². The Balaban J connectivity index is 1.77. The summed E-state index contributed by atoms with van der Waals surface area (Å²) in [5.41, 5.74) is 0. The Morgan fingerprint density at radius 2 is 1.95 bits per heavy atom. The van der Waals surface area contributed by atoms with Crippen LogP contribution >= 0.6 is 0 Å². The summed E-state index contributed by atoms with van der Waals surface area (Å²) in [7, 11) is 6.68. The van der Waals surface area contributed by atoms with Gasteiger partial charge in [0.2, 0.25) is 0 Å². The maximum Gasteiger partial charge on any atom is 0.144 e. The SMILES string of the molecule is CN1CCCCC1=NC1CC(N(C)C)[NH2+]C2CCCCC12. The molecule has 0 aromatic carbocycles. The van der Waals surface area contributed by atoms with E-state index in [9.17, 15) is 0 Å². The van der Waals surface area contributed by atoms with E-state index in [2.05, 4.69) is 36.3 Å². The number of rotatable bonds is 2. The van der Waals surface area contributed by atoms with Gasteiger partial charge in [0.25, 0.3) is 0 Å². The van der Waals surface area contributed by atoms with Gasteiger partial charge in [-0.3, -0.25) is 9.89 Å². The number of nitrogens with two attached hydrogens (primary N) is 1. The maximum absolute atomic E-state index is 5.29. The minimum absolute atomic E-state index is 0.559. The molecule has 1 aliphatic carbocycles. The monoisotopic (exact) mass is 293 g/mol. The molecule has 0 bridgehead atoms. The number of fused-ring (bicyclic) bond motifs is 1. The smallest absolute Gasteiger partial charge is 0.144 e. The van der Waals surface area contributed by atoms with Crippen molar-refractivity contribution in [2.24, 2.45) is 10.9 Å². The molecule has 4 heteroatoms. The summed E-state index contributed by atoms with van der Waals surface area (Å²) in [6.45, 7) is 1.20. The fourth-order valence-corrected chi connectivity index (χ4v) is 4.53. The topological polar surface area (TPSA) is 35.5 Å². The zero-order chi connectivity index (χ0) is 14.8. The molecule has 3 fully saturated rings. The third-order valence-corrected chi connectivity index (χ3v) is 5.88. The third-order valence-electron chi connectivity index (χ3n) is 5.88. The van der Waals surface area contributed by atoms with Crippen LogP contribution in [0.2, 0.25) is 0 Å². The molecule has 3 rings (SSSR count). The third kappa shape index (κ3) is 3.42. The molecule has 1 saturated carbocycles. The highest BCUT2D eigenvalue weighted by atomic mass is 15.3. The summed E-state index contributed by atoms with van der Waals surface area (Å²) >= 11 is 0. The van der Waals surface area contributed by atoms with Crippen LogP contribution in [0.3, 0.4) is 0 Å². The number of hydrogen-bond donors (Lipinski definition) is 1. The first-order valence-electron chi connectivity index (χ1n) is 8.94. The number of quaternary nitrogens is 1. The van der Waals surface area contributed by atoms with Gasteiger partial charge in [0.15, 0.2) is 0 Å². The van der Waals surface area contributed by atoms with Gasteiger partial charge in [-0.15, -0.1) is 0 Å². The van der Waals surface area contributed by atoms with E-state index in [4.69, 9.17) is 4.99 Å². The highest BCUT2D eigenvalue weighted by molar-refractivity contribution is 5.82. The van der Waals surface area contributed by atoms with Crippen LogP contribution in [-0.2, 0) is 0 Å². The summed E-state index contributed by atoms with van der Waals surface area (Å²) in [5.74, 6) is 2.20. The molecule has 4 unspecified atom stereocenters. The maximum atomic E-state index is 5.29. The van der Waals surface area contributed by atoms with Crippen molar-refractivity contribution >= 4 is 5.84 Å². The molecule has 4 nitrogen and oxygen atoms in total. The minimum atomic E-state index is 0.559. The first-order chi connectivity index (χ1) is 10.1. The summed E-state index contributed by atoms with van der Waals surface area (Å²) in [4.78, 5) is 10.1. The van der Waals surface area contributed by atoms with Gasteiger partial charge in [-0.25, -0.2) is 0 Å². The summed E-state index contributed by atoms with van der Waals surface area (Å²) in [6.07, 6.45) is 11.3. The van der Waals surface area contributed by atoms with Crippen LogP contribution in [0.5, 0.6) is 0 Å². The zero-order valence-electron chi connectivity index (χ0n) is 14.1. The van der Waals surface area contributed by atoms with Crippen LogP contribution in [-0.4, -0.2) is 61.6 Å². The Morgan fingerprint density at radius 3 is 2.71 bits per heavy atom. The first kappa shape index (κ1) is 15.3. The average Bonchev–Trinajstić information content (AvgIpc) is 2.49. The zero-order valence-corrected chi connectivity index (χ0v) is 14.1. The Hall–Kier alpha value is -0.610. The fourth-order valence-electron chi connectivity index (χ4n) is 4.53. The highest BCUT2D eigenvalue weighted by Gasteiger charge is 2.42. The van der Waals surface area contributed by atoms with Gasteiger partial charge in [-0.1, -0.05) is 6.42 Å². The molecule has 2 N–H and O–H groups in total. The van der Waals surface area contributed by atoms with E-state index in [-0.39, 0.29) is 0 Å². The standard InChI is InChI=1S/C17H32N4/c1-20(2)17-12-15(13-8-4-5-9-14(13)18-17)19-16-10-6-7-11-21(16)3/h13-15,17-18H,4-12H2,1-3H3/p+1. The van der Waals surface area contributed by atoms with Crippen molar-refractivity contribution in [3.63, 3.8) is 0 Å². The van der Waals surface area contributed by atoms with Crippen LogP contribution in [0.15, 0.2) is 4.99 Å². The lowest BCUT2D eigenvalue weighted by Gasteiger charge is -2.43. The molecule has 0 aromatic heterocycles. The van der Waals surface area contributed by atoms with Gasteiger partial charge in [0.1, 0.15) is 6.17 Å². The van der Waals surface area contributed by atoms with Crippen molar-refractivity contribution in [3.8, 4) is 0 Å². The molecule has 21 heavy (non-hydrogen) atoms. The number of piperidine rings is 2. The number of nitrogens with zero attached hydrogens (tertiary/aromatic N) is 3. The Bertz CT molecular complexity index is 379. The van der Waals surface area contributed by atoms with E-state index in [0.29, 0.717) is 12.2 Å². The van der Waals surface area contributed by atoms with Gasteiger partial charge in [-0.05, 0) is 46.2 Å². The second-order valence-corrected chi connectivity index (χ2v) is 7.56. The number of amidine groups is 1. The Labute approximate surface area is 130 Å². The van der Waals surface area contributed by atoms with E-state index in [1.807, 2.05) is 0 Å². The number of likely N-dealkylation sites (tertiary alicyclic amines) is 1. The predicted molar refractivity (Wildman–Crippen MR) is 87.5 cm³/mol. The van der Waals surface area contributed by atoms with E-state index in [1.165, 1.54) is 63.7 Å². The van der Waals surface area contributed by atoms with Crippen LogP contribution in [0.4, 0.5) is 0 Å². The lowest BCUT2D eigenvalue weighted by Crippen LogP contribution is -3.01. The molecular formula is C17H33N4+.